The number of ether oxygens (including phenoxy) is 1. The number of anilines is 3. The molecule has 1 atom stereocenters. The summed E-state index contributed by atoms with van der Waals surface area (Å²) in [6, 6.07) is 19.8. The van der Waals surface area contributed by atoms with Crippen LogP contribution in [-0.2, 0) is 69.1 Å². The monoisotopic (exact) mass is 1330 g/mol. The molecule has 0 radical (unpaired) electrons. The summed E-state index contributed by atoms with van der Waals surface area (Å²) in [5.41, 5.74) is 10.0. The standard InChI is InChI=1S/C61H67N9O17S4/c1-60(2)46-33-44(90(81,82)83)22-24-49(46)69(28-5-7-30-88(75,76)77)51(60)26-16-38-10-9-11-39(17-27-52-61(3,4)47-34-45(91(84,85)86)23-25-50(47)70(52)29-6-8-31-89(78,79)80)54(38)87-43-20-12-37(13-21-43)32-48(58(73)74)66-56(71)40-14-18-41(19-15-40)63-35-42-36-64-55-53(65-42)57(72)68-59(62)67-55/h12-27,33-34,36,48H,5-11,28-32,35H2,1-4H3,(H9-,62,63,64,66,67,68,71,72,73,74,75,76,77,78,79,80,81,82,83,84,85,86)/t48-/m0/s1. The van der Waals surface area contributed by atoms with Gasteiger partial charge in [0.2, 0.25) is 11.6 Å². The number of carbonyl (C=O) groups excluding carboxylic acids is 1. The number of unbranched alkanes of at least 4 members (excludes halogenated alkanes) is 2. The van der Waals surface area contributed by atoms with Crippen molar-refractivity contribution in [1.29, 1.82) is 0 Å². The fourth-order valence-electron chi connectivity index (χ4n) is 11.4. The van der Waals surface area contributed by atoms with Gasteiger partial charge in [0.1, 0.15) is 34.2 Å². The Hall–Kier alpha value is -8.49. The Kier molecular flexibility index (Phi) is 19.4. The molecule has 2 aromatic heterocycles. The molecule has 3 aliphatic rings. The Bertz CT molecular complexity index is 4580. The summed E-state index contributed by atoms with van der Waals surface area (Å²) in [7, 11) is -18.0. The van der Waals surface area contributed by atoms with Gasteiger partial charge in [-0.3, -0.25) is 28.2 Å². The van der Waals surface area contributed by atoms with Gasteiger partial charge < -0.3 is 35.7 Å². The summed E-state index contributed by atoms with van der Waals surface area (Å²) in [5, 5.41) is 16.1. The first-order valence-electron chi connectivity index (χ1n) is 28.7. The molecule has 91 heavy (non-hydrogen) atoms. The van der Waals surface area contributed by atoms with Crippen molar-refractivity contribution in [1.82, 2.24) is 25.3 Å². The predicted molar refractivity (Wildman–Crippen MR) is 337 cm³/mol. The highest BCUT2D eigenvalue weighted by Gasteiger charge is 2.45. The van der Waals surface area contributed by atoms with E-state index in [4.69, 9.17) is 10.5 Å². The molecule has 26 nitrogen and oxygen atoms in total. The SMILES string of the molecule is CC1(C)C(/C=C/C2=C(Oc3ccc(C[C@H](NC(=O)c4ccc(NCc5cnc6nc(N)[nH]c(=O)c6n5)cc4)C(=O)O)cc3)C(=C/C=C3\N(CCCCS(=O)(=O)O)c4ccc(S(=O)(=O)O)cc4C3(C)C)/CCC2)=[N+](CCCCS(=O)(=O)O)c2ccc(S(=O)(=O)[O-])cc21. The van der Waals surface area contributed by atoms with E-state index in [1.165, 1.54) is 48.7 Å². The van der Waals surface area contributed by atoms with Crippen molar-refractivity contribution in [3.63, 3.8) is 0 Å². The normalized spacial score (nSPS) is 17.0. The Morgan fingerprint density at radius 1 is 0.813 bits per heavy atom. The molecule has 0 saturated heterocycles. The summed E-state index contributed by atoms with van der Waals surface area (Å²) in [4.78, 5) is 54.5. The number of fused-ring (bicyclic) bond motifs is 3. The van der Waals surface area contributed by atoms with Gasteiger partial charge >= 0.3 is 5.97 Å². The number of hydrogen-bond acceptors (Lipinski definition) is 19. The zero-order chi connectivity index (χ0) is 66.0. The lowest BCUT2D eigenvalue weighted by Crippen LogP contribution is -2.42. The Morgan fingerprint density at radius 2 is 1.48 bits per heavy atom. The number of nitrogens with two attached hydrogens (primary N) is 1. The van der Waals surface area contributed by atoms with Gasteiger partial charge in [-0.1, -0.05) is 32.1 Å². The minimum atomic E-state index is -4.87. The van der Waals surface area contributed by atoms with Gasteiger partial charge in [0.25, 0.3) is 41.8 Å². The summed E-state index contributed by atoms with van der Waals surface area (Å²) in [5.74, 6) is -2.26. The quantitative estimate of drug-likeness (QED) is 0.0164. The van der Waals surface area contributed by atoms with Crippen LogP contribution in [0.1, 0.15) is 105 Å². The number of nitrogens with one attached hydrogen (secondary N) is 3. The first-order valence-corrected chi connectivity index (χ1v) is 34.8. The first-order chi connectivity index (χ1) is 42.7. The van der Waals surface area contributed by atoms with Crippen molar-refractivity contribution in [3.8, 4) is 5.75 Å². The third-order valence-corrected chi connectivity index (χ3v) is 19.3. The molecule has 2 aliphatic heterocycles. The minimum Gasteiger partial charge on any atom is -0.744 e. The smallest absolute Gasteiger partial charge is 0.326 e. The highest BCUT2D eigenvalue weighted by Crippen LogP contribution is 2.49. The number of amides is 1. The summed E-state index contributed by atoms with van der Waals surface area (Å²) < 4.78 is 146. The number of allylic oxidation sites excluding steroid dienone is 7. The van der Waals surface area contributed by atoms with Crippen molar-refractivity contribution in [2.75, 3.05) is 40.5 Å². The third-order valence-electron chi connectivity index (χ3n) is 16.0. The van der Waals surface area contributed by atoms with Crippen LogP contribution in [0.2, 0.25) is 0 Å². The van der Waals surface area contributed by atoms with Crippen LogP contribution < -0.4 is 31.6 Å². The fraction of sp³-hybridized carbons (Fsp3) is 0.328. The third kappa shape index (κ3) is 16.0. The van der Waals surface area contributed by atoms with Crippen molar-refractivity contribution < 1.29 is 75.9 Å². The van der Waals surface area contributed by atoms with Crippen LogP contribution in [0.3, 0.4) is 0 Å². The van der Waals surface area contributed by atoms with Gasteiger partial charge in [-0.2, -0.15) is 34.8 Å². The van der Waals surface area contributed by atoms with E-state index in [9.17, 15) is 71.4 Å². The Morgan fingerprint density at radius 3 is 2.14 bits per heavy atom. The van der Waals surface area contributed by atoms with Gasteiger partial charge in [0.05, 0.1) is 45.1 Å². The van der Waals surface area contributed by atoms with Gasteiger partial charge in [-0.05, 0) is 154 Å². The number of hydrogen-bond donors (Lipinski definition) is 8. The molecule has 0 fully saturated rings. The summed E-state index contributed by atoms with van der Waals surface area (Å²) >= 11 is 0. The average molecular weight is 1330 g/mol. The second kappa shape index (κ2) is 26.4. The van der Waals surface area contributed by atoms with Gasteiger partial charge in [-0.15, -0.1) is 0 Å². The molecule has 6 aromatic rings. The van der Waals surface area contributed by atoms with Crippen molar-refractivity contribution >= 4 is 92.2 Å². The van der Waals surface area contributed by atoms with Crippen LogP contribution in [0, 0.1) is 0 Å². The van der Waals surface area contributed by atoms with Crippen LogP contribution in [-0.4, -0.2) is 130 Å². The molecule has 9 rings (SSSR count). The molecule has 1 aliphatic carbocycles. The predicted octanol–water partition coefficient (Wildman–Crippen LogP) is 6.88. The number of nitrogens with zero attached hydrogens (tertiary/aromatic N) is 5. The molecule has 0 saturated carbocycles. The average Bonchev–Trinajstić information content (AvgIpc) is 1.60. The summed E-state index contributed by atoms with van der Waals surface area (Å²) in [6.07, 6.45) is 11.1. The number of carbonyl (C=O) groups is 2. The van der Waals surface area contributed by atoms with E-state index in [1.54, 1.807) is 42.5 Å². The lowest BCUT2D eigenvalue weighted by Gasteiger charge is -2.27. The zero-order valence-corrected chi connectivity index (χ0v) is 53.0. The summed E-state index contributed by atoms with van der Waals surface area (Å²) in [6.45, 7) is 8.11. The molecule has 1 amide bonds. The number of rotatable bonds is 25. The maximum atomic E-state index is 13.5. The van der Waals surface area contributed by atoms with Crippen LogP contribution >= 0.6 is 0 Å². The topological polar surface area (TPSA) is 412 Å². The van der Waals surface area contributed by atoms with Crippen LogP contribution in [0.4, 0.5) is 23.0 Å². The second-order valence-corrected chi connectivity index (χ2v) is 29.2. The highest BCUT2D eigenvalue weighted by atomic mass is 32.2. The van der Waals surface area contributed by atoms with Crippen molar-refractivity contribution in [2.24, 2.45) is 0 Å². The van der Waals surface area contributed by atoms with E-state index in [2.05, 4.69) is 30.6 Å². The molecule has 0 unspecified atom stereocenters. The van der Waals surface area contributed by atoms with Crippen LogP contribution in [0.25, 0.3) is 11.2 Å². The maximum absolute atomic E-state index is 13.5. The maximum Gasteiger partial charge on any atom is 0.326 e. The Balaban J connectivity index is 1.02. The number of aromatic nitrogens is 4. The largest absolute Gasteiger partial charge is 0.744 e. The molecular formula is C61H67N9O17S4. The first kappa shape index (κ1) is 66.9. The van der Waals surface area contributed by atoms with E-state index >= 15 is 0 Å². The fourth-order valence-corrected chi connectivity index (χ4v) is 13.5. The molecule has 4 aromatic carbocycles. The molecule has 0 spiro atoms. The number of H-pyrrole nitrogens is 1. The molecule has 0 bridgehead atoms. The van der Waals surface area contributed by atoms with Gasteiger partial charge in [-0.25, -0.2) is 23.2 Å². The van der Waals surface area contributed by atoms with Crippen molar-refractivity contribution in [2.45, 2.75) is 112 Å². The van der Waals surface area contributed by atoms with E-state index in [0.29, 0.717) is 99.2 Å². The van der Waals surface area contributed by atoms with Crippen LogP contribution in [0.15, 0.2) is 153 Å². The lowest BCUT2D eigenvalue weighted by atomic mass is 9.81. The number of carboxylic acid groups (broad SMARTS) is 1. The molecule has 30 heteroatoms. The number of aliphatic carboxylic acids is 1. The van der Waals surface area contributed by atoms with Crippen LogP contribution in [0.5, 0.6) is 5.75 Å². The number of carboxylic acids is 1. The van der Waals surface area contributed by atoms with E-state index in [0.717, 1.165) is 0 Å². The number of nitrogen functional groups attached to an aromatic ring is 1. The van der Waals surface area contributed by atoms with E-state index in [-0.39, 0.29) is 72.9 Å². The lowest BCUT2D eigenvalue weighted by molar-refractivity contribution is -0.438. The minimum absolute atomic E-state index is 0.0114. The Labute approximate surface area is 525 Å². The second-order valence-electron chi connectivity index (χ2n) is 23.2. The highest BCUT2D eigenvalue weighted by molar-refractivity contribution is 7.86. The van der Waals surface area contributed by atoms with Gasteiger partial charge in [0, 0.05) is 65.1 Å². The van der Waals surface area contributed by atoms with E-state index < -0.39 is 91.2 Å². The zero-order valence-electron chi connectivity index (χ0n) is 49.8. The van der Waals surface area contributed by atoms with Crippen molar-refractivity contribution in [3.05, 3.63) is 176 Å². The molecular weight excluding hydrogens is 1260 g/mol. The molecule has 4 heterocycles. The number of aromatic amines is 1. The van der Waals surface area contributed by atoms with Gasteiger partial charge in [0.15, 0.2) is 16.9 Å². The van der Waals surface area contributed by atoms with E-state index in [1.807, 2.05) is 61.5 Å². The molecule has 9 N–H and O–H groups in total. The number of benzene rings is 4. The molecule has 482 valence electrons.